The maximum atomic E-state index is 5.80. The summed E-state index contributed by atoms with van der Waals surface area (Å²) in [4.78, 5) is 4.38. The zero-order valence-corrected chi connectivity index (χ0v) is 14.1. The second kappa shape index (κ2) is 6.78. The number of ether oxygens (including phenoxy) is 1. The third-order valence-corrected chi connectivity index (χ3v) is 4.77. The molecule has 0 spiro atoms. The highest BCUT2D eigenvalue weighted by Crippen LogP contribution is 2.46. The van der Waals surface area contributed by atoms with E-state index < -0.39 is 0 Å². The first-order chi connectivity index (χ1) is 9.94. The minimum atomic E-state index is 0.182. The van der Waals surface area contributed by atoms with Crippen LogP contribution in [0.5, 0.6) is 5.75 Å². The van der Waals surface area contributed by atoms with Gasteiger partial charge < -0.3 is 10.1 Å². The van der Waals surface area contributed by atoms with Crippen LogP contribution in [0.1, 0.15) is 65.0 Å². The largest absolute Gasteiger partial charge is 0.489 e. The fraction of sp³-hybridized carbons (Fsp3) is 0.722. The van der Waals surface area contributed by atoms with Crippen LogP contribution in [-0.4, -0.2) is 18.1 Å². The average Bonchev–Trinajstić information content (AvgIpc) is 2.41. The normalized spacial score (nSPS) is 23.0. The molecule has 1 fully saturated rings. The van der Waals surface area contributed by atoms with Crippen molar-refractivity contribution in [3.63, 3.8) is 0 Å². The van der Waals surface area contributed by atoms with Gasteiger partial charge in [0.05, 0.1) is 12.3 Å². The molecule has 2 atom stereocenters. The Bertz CT molecular complexity index is 456. The molecule has 0 amide bonds. The van der Waals surface area contributed by atoms with E-state index in [1.807, 2.05) is 26.2 Å². The molecular formula is C18H30N2O. The molecule has 0 bridgehead atoms. The zero-order chi connectivity index (χ0) is 15.5. The predicted molar refractivity (Wildman–Crippen MR) is 87.5 cm³/mol. The summed E-state index contributed by atoms with van der Waals surface area (Å²) in [6.45, 7) is 8.91. The summed E-state index contributed by atoms with van der Waals surface area (Å²) in [7, 11) is 2.06. The molecule has 0 radical (unpaired) electrons. The number of hydrogen-bond acceptors (Lipinski definition) is 3. The van der Waals surface area contributed by atoms with E-state index >= 15 is 0 Å². The van der Waals surface area contributed by atoms with Gasteiger partial charge in [0.1, 0.15) is 5.75 Å². The Hall–Kier alpha value is -1.09. The van der Waals surface area contributed by atoms with Crippen molar-refractivity contribution in [3.8, 4) is 5.75 Å². The Morgan fingerprint density at radius 3 is 2.67 bits per heavy atom. The van der Waals surface area contributed by atoms with Crippen LogP contribution in [0, 0.1) is 11.3 Å². The lowest BCUT2D eigenvalue weighted by Gasteiger charge is -2.43. The summed E-state index contributed by atoms with van der Waals surface area (Å²) in [5.74, 6) is 1.52. The number of pyridine rings is 1. The van der Waals surface area contributed by atoms with Crippen molar-refractivity contribution in [3.05, 3.63) is 24.0 Å². The second-order valence-corrected chi connectivity index (χ2v) is 7.23. The molecule has 1 aliphatic rings. The molecule has 0 saturated heterocycles. The lowest BCUT2D eigenvalue weighted by atomic mass is 9.65. The SMILES string of the molecule is CNC(c1cncc(OC(C)C)c1)C1CCCCC1(C)C. The first kappa shape index (κ1) is 16.3. The molecule has 1 aromatic rings. The van der Waals surface area contributed by atoms with Crippen LogP contribution in [0.25, 0.3) is 0 Å². The van der Waals surface area contributed by atoms with Crippen LogP contribution in [0.3, 0.4) is 0 Å². The lowest BCUT2D eigenvalue weighted by molar-refractivity contribution is 0.101. The summed E-state index contributed by atoms with van der Waals surface area (Å²) < 4.78 is 5.80. The molecule has 3 nitrogen and oxygen atoms in total. The fourth-order valence-corrected chi connectivity index (χ4v) is 3.68. The van der Waals surface area contributed by atoms with Crippen molar-refractivity contribution in [1.29, 1.82) is 0 Å². The topological polar surface area (TPSA) is 34.2 Å². The van der Waals surface area contributed by atoms with Crippen LogP contribution < -0.4 is 10.1 Å². The second-order valence-electron chi connectivity index (χ2n) is 7.23. The third-order valence-electron chi connectivity index (χ3n) is 4.77. The van der Waals surface area contributed by atoms with E-state index in [-0.39, 0.29) is 6.10 Å². The first-order valence-corrected chi connectivity index (χ1v) is 8.23. The van der Waals surface area contributed by atoms with Crippen LogP contribution >= 0.6 is 0 Å². The molecule has 2 rings (SSSR count). The summed E-state index contributed by atoms with van der Waals surface area (Å²) >= 11 is 0. The summed E-state index contributed by atoms with van der Waals surface area (Å²) in [6, 6.07) is 2.50. The van der Waals surface area contributed by atoms with Crippen LogP contribution in [-0.2, 0) is 0 Å². The zero-order valence-electron chi connectivity index (χ0n) is 14.1. The van der Waals surface area contributed by atoms with Gasteiger partial charge in [0.25, 0.3) is 0 Å². The van der Waals surface area contributed by atoms with E-state index in [1.54, 1.807) is 0 Å². The van der Waals surface area contributed by atoms with E-state index in [2.05, 4.69) is 37.3 Å². The van der Waals surface area contributed by atoms with E-state index in [4.69, 9.17) is 4.74 Å². The Balaban J connectivity index is 2.24. The average molecular weight is 290 g/mol. The van der Waals surface area contributed by atoms with Crippen molar-refractivity contribution in [2.24, 2.45) is 11.3 Å². The van der Waals surface area contributed by atoms with E-state index in [0.29, 0.717) is 17.4 Å². The molecule has 0 aromatic carbocycles. The van der Waals surface area contributed by atoms with Gasteiger partial charge in [0, 0.05) is 12.2 Å². The van der Waals surface area contributed by atoms with E-state index in [9.17, 15) is 0 Å². The van der Waals surface area contributed by atoms with Gasteiger partial charge in [0.15, 0.2) is 0 Å². The van der Waals surface area contributed by atoms with Gasteiger partial charge >= 0.3 is 0 Å². The van der Waals surface area contributed by atoms with Crippen molar-refractivity contribution in [1.82, 2.24) is 10.3 Å². The lowest BCUT2D eigenvalue weighted by Crippen LogP contribution is -2.37. The number of rotatable bonds is 5. The minimum Gasteiger partial charge on any atom is -0.489 e. The van der Waals surface area contributed by atoms with E-state index in [1.165, 1.54) is 31.2 Å². The van der Waals surface area contributed by atoms with Gasteiger partial charge in [-0.25, -0.2) is 0 Å². The van der Waals surface area contributed by atoms with Gasteiger partial charge in [-0.05, 0) is 56.7 Å². The molecular weight excluding hydrogens is 260 g/mol. The molecule has 118 valence electrons. The van der Waals surface area contributed by atoms with Crippen molar-refractivity contribution >= 4 is 0 Å². The Kier molecular flexibility index (Phi) is 5.26. The predicted octanol–water partition coefficient (Wildman–Crippen LogP) is 4.35. The van der Waals surface area contributed by atoms with Crippen molar-refractivity contribution in [2.75, 3.05) is 7.05 Å². The minimum absolute atomic E-state index is 0.182. The smallest absolute Gasteiger partial charge is 0.138 e. The molecule has 3 heteroatoms. The Morgan fingerprint density at radius 1 is 1.29 bits per heavy atom. The summed E-state index contributed by atoms with van der Waals surface area (Å²) in [5.41, 5.74) is 1.62. The standard InChI is InChI=1S/C18H30N2O/c1-13(2)21-15-10-14(11-20-12-15)17(19-5)16-8-6-7-9-18(16,3)4/h10-13,16-17,19H,6-9H2,1-5H3. The molecule has 1 N–H and O–H groups in total. The molecule has 1 heterocycles. The molecule has 2 unspecified atom stereocenters. The highest BCUT2D eigenvalue weighted by atomic mass is 16.5. The highest BCUT2D eigenvalue weighted by molar-refractivity contribution is 5.27. The van der Waals surface area contributed by atoms with Crippen molar-refractivity contribution < 1.29 is 4.74 Å². The third kappa shape index (κ3) is 3.97. The van der Waals surface area contributed by atoms with Gasteiger partial charge in [0.2, 0.25) is 0 Å². The number of hydrogen-bond donors (Lipinski definition) is 1. The molecule has 1 saturated carbocycles. The van der Waals surface area contributed by atoms with Crippen LogP contribution in [0.15, 0.2) is 18.5 Å². The number of nitrogens with zero attached hydrogens (tertiary/aromatic N) is 1. The summed E-state index contributed by atoms with van der Waals surface area (Å²) in [5, 5.41) is 3.53. The maximum absolute atomic E-state index is 5.80. The molecule has 1 aliphatic carbocycles. The van der Waals surface area contributed by atoms with Crippen LogP contribution in [0.4, 0.5) is 0 Å². The molecule has 1 aromatic heterocycles. The van der Waals surface area contributed by atoms with Gasteiger partial charge in [-0.2, -0.15) is 0 Å². The van der Waals surface area contributed by atoms with Gasteiger partial charge in [-0.1, -0.05) is 26.7 Å². The Morgan fingerprint density at radius 2 is 2.05 bits per heavy atom. The monoisotopic (exact) mass is 290 g/mol. The number of aromatic nitrogens is 1. The molecule has 21 heavy (non-hydrogen) atoms. The van der Waals surface area contributed by atoms with Crippen LogP contribution in [0.2, 0.25) is 0 Å². The number of nitrogens with one attached hydrogen (secondary N) is 1. The van der Waals surface area contributed by atoms with Gasteiger partial charge in [-0.15, -0.1) is 0 Å². The Labute approximate surface area is 129 Å². The maximum Gasteiger partial charge on any atom is 0.138 e. The first-order valence-electron chi connectivity index (χ1n) is 8.23. The quantitative estimate of drug-likeness (QED) is 0.875. The fourth-order valence-electron chi connectivity index (χ4n) is 3.68. The van der Waals surface area contributed by atoms with E-state index in [0.717, 1.165) is 5.75 Å². The summed E-state index contributed by atoms with van der Waals surface area (Å²) in [6.07, 6.45) is 9.26. The van der Waals surface area contributed by atoms with Crippen molar-refractivity contribution in [2.45, 2.75) is 65.5 Å². The van der Waals surface area contributed by atoms with Gasteiger partial charge in [-0.3, -0.25) is 4.98 Å². The molecule has 0 aliphatic heterocycles. The highest BCUT2D eigenvalue weighted by Gasteiger charge is 2.37.